The van der Waals surface area contributed by atoms with E-state index in [9.17, 15) is 4.39 Å². The molecule has 0 bridgehead atoms. The molecule has 0 N–H and O–H groups in total. The largest absolute Gasteiger partial charge is 0.399 e. The highest BCUT2D eigenvalue weighted by Gasteiger charge is 2.07. The Kier molecular flexibility index (Phi) is 4.48. The molecule has 94 valence electrons. The number of nitrogens with zero attached hydrogens (tertiary/aromatic N) is 2. The number of rotatable bonds is 2. The van der Waals surface area contributed by atoms with Gasteiger partial charge in [-0.25, -0.2) is 9.37 Å². The highest BCUT2D eigenvalue weighted by atomic mass is 32.1. The number of alkyl halides is 1. The van der Waals surface area contributed by atoms with Crippen LogP contribution in [0.5, 0.6) is 0 Å². The monoisotopic (exact) mass is 263 g/mol. The Hall–Kier alpha value is -1.67. The van der Waals surface area contributed by atoms with Crippen LogP contribution in [-0.4, -0.2) is 17.8 Å². The molecule has 0 amide bonds. The fraction of sp³-hybridized carbons (Fsp3) is 0.385. The molecular formula is C13H13FN2OS. The van der Waals surface area contributed by atoms with Gasteiger partial charge in [0.1, 0.15) is 24.5 Å². The van der Waals surface area contributed by atoms with E-state index in [4.69, 9.17) is 4.84 Å². The maximum Gasteiger partial charge on any atom is 0.141 e. The minimum atomic E-state index is -0.528. The van der Waals surface area contributed by atoms with E-state index in [1.54, 1.807) is 5.38 Å². The molecule has 0 fully saturated rings. The van der Waals surface area contributed by atoms with Gasteiger partial charge < -0.3 is 4.84 Å². The molecule has 0 atom stereocenters. The molecule has 0 saturated heterocycles. The van der Waals surface area contributed by atoms with Crippen molar-refractivity contribution in [2.24, 2.45) is 5.16 Å². The van der Waals surface area contributed by atoms with E-state index in [2.05, 4.69) is 22.0 Å². The van der Waals surface area contributed by atoms with Gasteiger partial charge in [-0.3, -0.25) is 0 Å². The van der Waals surface area contributed by atoms with Gasteiger partial charge in [0.05, 0.1) is 5.71 Å². The van der Waals surface area contributed by atoms with Gasteiger partial charge in [0.15, 0.2) is 0 Å². The van der Waals surface area contributed by atoms with E-state index in [1.165, 1.54) is 18.4 Å². The number of thiazole rings is 1. The van der Waals surface area contributed by atoms with E-state index < -0.39 is 6.67 Å². The lowest BCUT2D eigenvalue weighted by molar-refractivity contribution is 0.213. The zero-order chi connectivity index (χ0) is 12.8. The molecule has 1 heterocycles. The fourth-order valence-corrected chi connectivity index (χ4v) is 2.24. The van der Waals surface area contributed by atoms with Crippen LogP contribution in [0.4, 0.5) is 4.39 Å². The second-order valence-corrected chi connectivity index (χ2v) is 4.74. The highest BCUT2D eigenvalue weighted by molar-refractivity contribution is 7.09. The number of oxime groups is 1. The van der Waals surface area contributed by atoms with Crippen molar-refractivity contribution in [2.45, 2.75) is 25.9 Å². The van der Waals surface area contributed by atoms with E-state index in [0.29, 0.717) is 10.7 Å². The average Bonchev–Trinajstić information content (AvgIpc) is 2.85. The molecule has 3 nitrogen and oxygen atoms in total. The first kappa shape index (κ1) is 12.8. The minimum absolute atomic E-state index is 0.471. The molecule has 1 aliphatic rings. The first-order valence-corrected chi connectivity index (χ1v) is 6.53. The average molecular weight is 263 g/mol. The number of hydrogen-bond acceptors (Lipinski definition) is 4. The molecule has 0 radical (unpaired) electrons. The summed E-state index contributed by atoms with van der Waals surface area (Å²) in [6, 6.07) is 0. The van der Waals surface area contributed by atoms with E-state index in [-0.39, 0.29) is 0 Å². The maximum absolute atomic E-state index is 12.3. The summed E-state index contributed by atoms with van der Waals surface area (Å²) in [5.41, 5.74) is 2.56. The third kappa shape index (κ3) is 3.41. The predicted molar refractivity (Wildman–Crippen MR) is 70.2 cm³/mol. The van der Waals surface area contributed by atoms with Crippen LogP contribution in [0, 0.1) is 11.8 Å². The molecule has 2 rings (SSSR count). The lowest BCUT2D eigenvalue weighted by Crippen LogP contribution is -2.02. The Morgan fingerprint density at radius 1 is 1.50 bits per heavy atom. The Morgan fingerprint density at radius 2 is 2.39 bits per heavy atom. The molecule has 5 heteroatoms. The summed E-state index contributed by atoms with van der Waals surface area (Å²) in [5.74, 6) is 6.01. The van der Waals surface area contributed by atoms with Crippen molar-refractivity contribution < 1.29 is 9.23 Å². The molecule has 0 aliphatic heterocycles. The summed E-state index contributed by atoms with van der Waals surface area (Å²) in [4.78, 5) is 8.81. The fourth-order valence-electron chi connectivity index (χ4n) is 1.67. The van der Waals surface area contributed by atoms with Crippen LogP contribution < -0.4 is 0 Å². The highest BCUT2D eigenvalue weighted by Crippen LogP contribution is 2.16. The molecule has 0 spiro atoms. The van der Waals surface area contributed by atoms with Gasteiger partial charge in [-0.05, 0) is 31.3 Å². The lowest BCUT2D eigenvalue weighted by Gasteiger charge is -2.08. The summed E-state index contributed by atoms with van der Waals surface area (Å²) in [7, 11) is 1.54. The van der Waals surface area contributed by atoms with E-state index >= 15 is 0 Å². The third-order valence-corrected chi connectivity index (χ3v) is 3.26. The molecular weight excluding hydrogens is 250 g/mol. The van der Waals surface area contributed by atoms with Crippen LogP contribution in [0.3, 0.4) is 0 Å². The van der Waals surface area contributed by atoms with Crippen LogP contribution >= 0.6 is 11.3 Å². The van der Waals surface area contributed by atoms with Crippen LogP contribution in [0.25, 0.3) is 0 Å². The standard InChI is InChI=1S/C13H13FN2OS/c1-17-16-11-4-2-3-10(7-11)5-6-12-9-18-13(8-14)15-12/h7,9H,2-4,8H2,1H3/b16-11+/i14-1. The Morgan fingerprint density at radius 3 is 3.11 bits per heavy atom. The molecule has 1 aliphatic carbocycles. The van der Waals surface area contributed by atoms with Crippen LogP contribution in [0.15, 0.2) is 22.2 Å². The Balaban J connectivity index is 2.11. The molecule has 1 aromatic rings. The molecule has 0 unspecified atom stereocenters. The topological polar surface area (TPSA) is 34.5 Å². The van der Waals surface area contributed by atoms with Gasteiger partial charge >= 0.3 is 0 Å². The maximum atomic E-state index is 12.3. The normalized spacial score (nSPS) is 17.0. The molecule has 0 aromatic carbocycles. The zero-order valence-corrected chi connectivity index (χ0v) is 10.9. The predicted octanol–water partition coefficient (Wildman–Crippen LogP) is 3.08. The Labute approximate surface area is 109 Å². The number of aromatic nitrogens is 1. The summed E-state index contributed by atoms with van der Waals surface area (Å²) < 4.78 is 12.3. The summed E-state index contributed by atoms with van der Waals surface area (Å²) >= 11 is 1.29. The van der Waals surface area contributed by atoms with Gasteiger partial charge in [0, 0.05) is 11.0 Å². The van der Waals surface area contributed by atoms with Crippen molar-refractivity contribution in [1.29, 1.82) is 0 Å². The lowest BCUT2D eigenvalue weighted by atomic mass is 9.98. The molecule has 1 aromatic heterocycles. The third-order valence-electron chi connectivity index (χ3n) is 2.45. The van der Waals surface area contributed by atoms with E-state index in [0.717, 1.165) is 30.5 Å². The molecule has 18 heavy (non-hydrogen) atoms. The molecule has 0 saturated carbocycles. The van der Waals surface area contributed by atoms with Crippen LogP contribution in [0.1, 0.15) is 30.0 Å². The van der Waals surface area contributed by atoms with Crippen molar-refractivity contribution in [3.05, 3.63) is 27.7 Å². The zero-order valence-electron chi connectivity index (χ0n) is 10.1. The van der Waals surface area contributed by atoms with Gasteiger partial charge in [-0.15, -0.1) is 11.3 Å². The smallest absolute Gasteiger partial charge is 0.141 e. The summed E-state index contributed by atoms with van der Waals surface area (Å²) in [6.07, 6.45) is 4.83. The van der Waals surface area contributed by atoms with Gasteiger partial charge in [0.25, 0.3) is 0 Å². The van der Waals surface area contributed by atoms with Crippen LogP contribution in [0.2, 0.25) is 0 Å². The van der Waals surface area contributed by atoms with Gasteiger partial charge in [0.2, 0.25) is 0 Å². The summed E-state index contributed by atoms with van der Waals surface area (Å²) in [6.45, 7) is -0.528. The second kappa shape index (κ2) is 6.31. The first-order chi connectivity index (χ1) is 8.81. The van der Waals surface area contributed by atoms with Crippen molar-refractivity contribution in [3.8, 4) is 11.8 Å². The first-order valence-electron chi connectivity index (χ1n) is 5.65. The SMILES string of the molecule is CO/N=C1/C=C(C#Cc2csc(C[18F])n2)CCC1. The number of hydrogen-bond donors (Lipinski definition) is 0. The van der Waals surface area contributed by atoms with Crippen LogP contribution in [-0.2, 0) is 11.5 Å². The van der Waals surface area contributed by atoms with Crippen molar-refractivity contribution >= 4 is 17.0 Å². The summed E-state index contributed by atoms with van der Waals surface area (Å²) in [5, 5.41) is 6.16. The number of halogens is 1. The van der Waals surface area contributed by atoms with Gasteiger partial charge in [-0.1, -0.05) is 11.1 Å². The van der Waals surface area contributed by atoms with Gasteiger partial charge in [-0.2, -0.15) is 0 Å². The quantitative estimate of drug-likeness (QED) is 0.607. The van der Waals surface area contributed by atoms with E-state index in [1.807, 2.05) is 6.08 Å². The number of allylic oxidation sites excluding steroid dienone is 2. The van der Waals surface area contributed by atoms with Crippen molar-refractivity contribution in [1.82, 2.24) is 4.98 Å². The van der Waals surface area contributed by atoms with Crippen molar-refractivity contribution in [2.75, 3.05) is 7.11 Å². The van der Waals surface area contributed by atoms with Crippen molar-refractivity contribution in [3.63, 3.8) is 0 Å². The Bertz CT molecular complexity index is 537. The second-order valence-electron chi connectivity index (χ2n) is 3.80. The minimum Gasteiger partial charge on any atom is -0.399 e.